The first-order valence-corrected chi connectivity index (χ1v) is 8.81. The number of anilines is 1. The smallest absolute Gasteiger partial charge is 0.337 e. The maximum absolute atomic E-state index is 12.1. The van der Waals surface area contributed by atoms with Gasteiger partial charge in [-0.25, -0.2) is 9.78 Å². The fraction of sp³-hybridized carbons (Fsp3) is 0.500. The van der Waals surface area contributed by atoms with Gasteiger partial charge in [0.1, 0.15) is 4.83 Å². The lowest BCUT2D eigenvalue weighted by Gasteiger charge is -2.17. The van der Waals surface area contributed by atoms with E-state index in [0.29, 0.717) is 4.88 Å². The molecule has 2 aromatic heterocycles. The fourth-order valence-electron chi connectivity index (χ4n) is 1.88. The summed E-state index contributed by atoms with van der Waals surface area (Å²) in [6.45, 7) is 6.65. The predicted molar refractivity (Wildman–Crippen MR) is 91.7 cm³/mol. The summed E-state index contributed by atoms with van der Waals surface area (Å²) in [5.74, 6) is -1.79. The number of thiophene rings is 1. The number of rotatable bonds is 7. The molecule has 3 N–H and O–H groups in total. The maximum atomic E-state index is 12.1. The van der Waals surface area contributed by atoms with Gasteiger partial charge >= 0.3 is 5.97 Å². The van der Waals surface area contributed by atoms with Gasteiger partial charge in [-0.3, -0.25) is 4.79 Å². The highest BCUT2D eigenvalue weighted by molar-refractivity contribution is 7.29. The minimum Gasteiger partial charge on any atom is -0.479 e. The number of aromatic nitrogens is 1. The van der Waals surface area contributed by atoms with E-state index in [1.165, 1.54) is 22.7 Å². The summed E-state index contributed by atoms with van der Waals surface area (Å²) in [7, 11) is 0. The minimum atomic E-state index is -1.99. The zero-order chi connectivity index (χ0) is 17.2. The minimum absolute atomic E-state index is 0.356. The van der Waals surface area contributed by atoms with E-state index in [1.807, 2.05) is 0 Å². The van der Waals surface area contributed by atoms with Crippen molar-refractivity contribution in [2.75, 3.05) is 24.5 Å². The second kappa shape index (κ2) is 6.81. The molecule has 0 bridgehead atoms. The lowest BCUT2D eigenvalue weighted by atomic mass is 10.1. The molecule has 0 aliphatic carbocycles. The Morgan fingerprint density at radius 1 is 1.35 bits per heavy atom. The molecule has 0 radical (unpaired) electrons. The van der Waals surface area contributed by atoms with Gasteiger partial charge in [0, 0.05) is 13.1 Å². The molecule has 1 unspecified atom stereocenters. The molecule has 1 atom stereocenters. The third-order valence-electron chi connectivity index (χ3n) is 3.39. The van der Waals surface area contributed by atoms with Gasteiger partial charge in [0.05, 0.1) is 16.1 Å². The Kier molecular flexibility index (Phi) is 5.23. The Balaban J connectivity index is 2.10. The van der Waals surface area contributed by atoms with E-state index in [9.17, 15) is 14.7 Å². The number of carboxylic acid groups (broad SMARTS) is 1. The van der Waals surface area contributed by atoms with Crippen molar-refractivity contribution in [3.8, 4) is 0 Å². The zero-order valence-electron chi connectivity index (χ0n) is 13.1. The number of aliphatic carboxylic acids is 1. The van der Waals surface area contributed by atoms with Crippen LogP contribution < -0.4 is 10.2 Å². The van der Waals surface area contributed by atoms with Crippen LogP contribution in [0.3, 0.4) is 0 Å². The Morgan fingerprint density at radius 2 is 2.00 bits per heavy atom. The summed E-state index contributed by atoms with van der Waals surface area (Å²) < 4.78 is 0.923. The van der Waals surface area contributed by atoms with Crippen LogP contribution in [-0.4, -0.2) is 52.3 Å². The van der Waals surface area contributed by atoms with E-state index in [0.717, 1.165) is 34.7 Å². The van der Waals surface area contributed by atoms with Crippen molar-refractivity contribution >= 4 is 49.2 Å². The lowest BCUT2D eigenvalue weighted by molar-refractivity contribution is -0.155. The third kappa shape index (κ3) is 3.80. The molecule has 0 saturated heterocycles. The molecule has 0 aromatic carbocycles. The predicted octanol–water partition coefficient (Wildman–Crippen LogP) is 1.77. The average molecular weight is 357 g/mol. The highest BCUT2D eigenvalue weighted by Gasteiger charge is 2.30. The van der Waals surface area contributed by atoms with E-state index in [4.69, 9.17) is 5.11 Å². The van der Waals surface area contributed by atoms with Crippen molar-refractivity contribution in [3.63, 3.8) is 0 Å². The number of carbonyl (C=O) groups is 2. The second-order valence-corrected chi connectivity index (χ2v) is 7.25. The first-order valence-electron chi connectivity index (χ1n) is 7.17. The van der Waals surface area contributed by atoms with Crippen molar-refractivity contribution in [1.82, 2.24) is 10.3 Å². The molecule has 0 aliphatic heterocycles. The van der Waals surface area contributed by atoms with E-state index in [2.05, 4.69) is 29.0 Å². The molecule has 0 fully saturated rings. The van der Waals surface area contributed by atoms with Crippen molar-refractivity contribution in [3.05, 3.63) is 10.9 Å². The Labute approximate surface area is 141 Å². The van der Waals surface area contributed by atoms with Crippen molar-refractivity contribution < 1.29 is 19.8 Å². The van der Waals surface area contributed by atoms with Crippen LogP contribution in [0.2, 0.25) is 0 Å². The first-order chi connectivity index (χ1) is 10.8. The molecule has 7 nitrogen and oxygen atoms in total. The number of hydrogen-bond donors (Lipinski definition) is 3. The molecule has 9 heteroatoms. The summed E-state index contributed by atoms with van der Waals surface area (Å²) in [5, 5.41) is 21.8. The van der Waals surface area contributed by atoms with Crippen LogP contribution in [0.25, 0.3) is 9.53 Å². The fourth-order valence-corrected chi connectivity index (χ4v) is 4.13. The number of nitrogens with one attached hydrogen (secondary N) is 1. The third-order valence-corrected chi connectivity index (χ3v) is 5.61. The second-order valence-electron chi connectivity index (χ2n) is 5.21. The molecular formula is C14H19N3O4S2. The summed E-state index contributed by atoms with van der Waals surface area (Å²) in [6.07, 6.45) is 0. The highest BCUT2D eigenvalue weighted by Crippen LogP contribution is 2.34. The molecule has 0 spiro atoms. The number of carbonyl (C=O) groups excluding carboxylic acids is 1. The molecule has 0 saturated carbocycles. The number of nitrogens with zero attached hydrogens (tertiary/aromatic N) is 2. The van der Waals surface area contributed by atoms with E-state index in [1.54, 1.807) is 6.07 Å². The first kappa shape index (κ1) is 17.6. The van der Waals surface area contributed by atoms with Crippen molar-refractivity contribution in [2.45, 2.75) is 26.4 Å². The number of amides is 1. The van der Waals surface area contributed by atoms with Gasteiger partial charge in [-0.2, -0.15) is 0 Å². The zero-order valence-corrected chi connectivity index (χ0v) is 14.8. The molecule has 2 aromatic rings. The summed E-state index contributed by atoms with van der Waals surface area (Å²) in [6, 6.07) is 1.75. The molecule has 2 heterocycles. The Hall–Kier alpha value is -1.71. The summed E-state index contributed by atoms with van der Waals surface area (Å²) in [4.78, 5) is 30.8. The number of aliphatic hydroxyl groups is 1. The normalized spacial score (nSPS) is 13.7. The van der Waals surface area contributed by atoms with E-state index < -0.39 is 17.5 Å². The van der Waals surface area contributed by atoms with Crippen LogP contribution in [0.1, 0.15) is 30.4 Å². The number of carboxylic acids is 1. The Morgan fingerprint density at radius 3 is 2.52 bits per heavy atom. The lowest BCUT2D eigenvalue weighted by Crippen LogP contribution is -2.46. The molecule has 0 aliphatic rings. The number of fused-ring (bicyclic) bond motifs is 1. The van der Waals surface area contributed by atoms with Gasteiger partial charge in [-0.05, 0) is 26.8 Å². The maximum Gasteiger partial charge on any atom is 0.337 e. The average Bonchev–Trinajstić information content (AvgIpc) is 3.04. The van der Waals surface area contributed by atoms with Gasteiger partial charge in [0.2, 0.25) is 0 Å². The van der Waals surface area contributed by atoms with Gasteiger partial charge in [0.15, 0.2) is 10.7 Å². The van der Waals surface area contributed by atoms with Crippen molar-refractivity contribution in [2.24, 2.45) is 0 Å². The molecule has 2 rings (SSSR count). The van der Waals surface area contributed by atoms with Crippen LogP contribution in [0.4, 0.5) is 5.13 Å². The molecule has 126 valence electrons. The van der Waals surface area contributed by atoms with Gasteiger partial charge < -0.3 is 20.4 Å². The van der Waals surface area contributed by atoms with Crippen molar-refractivity contribution in [1.29, 1.82) is 0 Å². The van der Waals surface area contributed by atoms with Crippen LogP contribution in [0.5, 0.6) is 0 Å². The van der Waals surface area contributed by atoms with E-state index in [-0.39, 0.29) is 6.54 Å². The summed E-state index contributed by atoms with van der Waals surface area (Å²) >= 11 is 2.78. The monoisotopic (exact) mass is 357 g/mol. The number of thiazole rings is 1. The van der Waals surface area contributed by atoms with Gasteiger partial charge in [0.25, 0.3) is 5.91 Å². The van der Waals surface area contributed by atoms with Gasteiger partial charge in [-0.1, -0.05) is 11.3 Å². The van der Waals surface area contributed by atoms with E-state index >= 15 is 0 Å². The highest BCUT2D eigenvalue weighted by atomic mass is 32.1. The van der Waals surface area contributed by atoms with Crippen LogP contribution in [-0.2, 0) is 4.79 Å². The number of hydrogen-bond acceptors (Lipinski definition) is 7. The van der Waals surface area contributed by atoms with Crippen LogP contribution in [0.15, 0.2) is 6.07 Å². The largest absolute Gasteiger partial charge is 0.479 e. The quantitative estimate of drug-likeness (QED) is 0.698. The SMILES string of the molecule is CCN(CC)c1nc2sc(C(=O)NCC(C)(O)C(=O)O)cc2s1. The van der Waals surface area contributed by atoms with Gasteiger partial charge in [-0.15, -0.1) is 11.3 Å². The standard InChI is InChI=1S/C14H19N3O4S2/c1-4-17(5-2)13-16-11-9(23-13)6-8(22-11)10(18)15-7-14(3,21)12(19)20/h6,21H,4-5,7H2,1-3H3,(H,15,18)(H,19,20). The molecular weight excluding hydrogens is 338 g/mol. The molecule has 1 amide bonds. The van der Waals surface area contributed by atoms with Crippen LogP contribution >= 0.6 is 22.7 Å². The molecule has 23 heavy (non-hydrogen) atoms. The topological polar surface area (TPSA) is 103 Å². The van der Waals surface area contributed by atoms with Crippen LogP contribution in [0, 0.1) is 0 Å². The summed E-state index contributed by atoms with van der Waals surface area (Å²) in [5.41, 5.74) is -1.99. The Bertz CT molecular complexity index is 687.